The summed E-state index contributed by atoms with van der Waals surface area (Å²) in [5.74, 6) is 1.54. The predicted octanol–water partition coefficient (Wildman–Crippen LogP) is 5.96. The van der Waals surface area contributed by atoms with Crippen LogP contribution in [0.4, 0.5) is 22.0 Å². The standard InChI is InChI=1S/C30H36N6O3/c1-20-6-10-22(11-7-20)32-25-14-16-31-28-26(25)27(34-36(28)18-21-8-12-24(38-5)13-9-21)33-23-15-17-35(19-23)29(37)39-30(2,3)4/h6-14,16,23H,15,17-19H2,1-5H3,(H,31,32)(H,33,34)/t23-/m1/s1. The van der Waals surface area contributed by atoms with Crippen LogP contribution in [0.2, 0.25) is 0 Å². The maximum Gasteiger partial charge on any atom is 0.410 e. The monoisotopic (exact) mass is 528 g/mol. The van der Waals surface area contributed by atoms with E-state index in [-0.39, 0.29) is 12.1 Å². The van der Waals surface area contributed by atoms with Gasteiger partial charge in [-0.15, -0.1) is 0 Å². The number of hydrogen-bond acceptors (Lipinski definition) is 7. The minimum Gasteiger partial charge on any atom is -0.497 e. The van der Waals surface area contributed by atoms with Crippen molar-refractivity contribution in [1.82, 2.24) is 19.7 Å². The number of fused-ring (bicyclic) bond motifs is 1. The summed E-state index contributed by atoms with van der Waals surface area (Å²) < 4.78 is 12.8. The van der Waals surface area contributed by atoms with Gasteiger partial charge in [-0.05, 0) is 70.0 Å². The minimum absolute atomic E-state index is 0.0393. The summed E-state index contributed by atoms with van der Waals surface area (Å²) in [6.45, 7) is 9.45. The molecule has 5 rings (SSSR count). The molecule has 0 unspecified atom stereocenters. The number of amides is 1. The SMILES string of the molecule is COc1ccc(Cn2nc(N[C@@H]3CCN(C(=O)OC(C)(C)C)C3)c3c(Nc4ccc(C)cc4)ccnc32)cc1. The van der Waals surface area contributed by atoms with Crippen LogP contribution in [0.25, 0.3) is 11.0 Å². The molecule has 1 saturated heterocycles. The van der Waals surface area contributed by atoms with Crippen LogP contribution in [0.1, 0.15) is 38.3 Å². The average molecular weight is 529 g/mol. The third-order valence-corrected chi connectivity index (χ3v) is 6.64. The van der Waals surface area contributed by atoms with Gasteiger partial charge in [-0.1, -0.05) is 29.8 Å². The zero-order chi connectivity index (χ0) is 27.6. The van der Waals surface area contributed by atoms with Crippen molar-refractivity contribution in [3.05, 3.63) is 71.9 Å². The molecule has 1 atom stereocenters. The molecular formula is C30H36N6O3. The largest absolute Gasteiger partial charge is 0.497 e. The van der Waals surface area contributed by atoms with Gasteiger partial charge in [0.25, 0.3) is 0 Å². The number of nitrogens with one attached hydrogen (secondary N) is 2. The van der Waals surface area contributed by atoms with Crippen LogP contribution in [0, 0.1) is 6.92 Å². The number of ether oxygens (including phenoxy) is 2. The van der Waals surface area contributed by atoms with Gasteiger partial charge < -0.3 is 25.0 Å². The van der Waals surface area contributed by atoms with Gasteiger partial charge in [0.2, 0.25) is 0 Å². The van der Waals surface area contributed by atoms with E-state index in [4.69, 9.17) is 19.6 Å². The van der Waals surface area contributed by atoms with Crippen LogP contribution in [0.5, 0.6) is 5.75 Å². The molecule has 9 nitrogen and oxygen atoms in total. The van der Waals surface area contributed by atoms with Gasteiger partial charge in [0, 0.05) is 31.0 Å². The summed E-state index contributed by atoms with van der Waals surface area (Å²) in [7, 11) is 1.66. The number of aromatic nitrogens is 3. The van der Waals surface area contributed by atoms with E-state index in [1.54, 1.807) is 18.2 Å². The Kier molecular flexibility index (Phi) is 7.32. The van der Waals surface area contributed by atoms with Crippen LogP contribution in [-0.4, -0.2) is 57.6 Å². The Hall–Kier alpha value is -4.27. The molecule has 39 heavy (non-hydrogen) atoms. The molecule has 0 saturated carbocycles. The number of aryl methyl sites for hydroxylation is 1. The summed E-state index contributed by atoms with van der Waals surface area (Å²) in [5, 5.41) is 13.0. The lowest BCUT2D eigenvalue weighted by molar-refractivity contribution is 0.0293. The highest BCUT2D eigenvalue weighted by Crippen LogP contribution is 2.33. The van der Waals surface area contributed by atoms with Crippen molar-refractivity contribution >= 4 is 34.3 Å². The van der Waals surface area contributed by atoms with E-state index in [9.17, 15) is 4.79 Å². The Balaban J connectivity index is 1.45. The third-order valence-electron chi connectivity index (χ3n) is 6.64. The molecule has 9 heteroatoms. The number of rotatable bonds is 7. The Morgan fingerprint density at radius 2 is 1.82 bits per heavy atom. The van der Waals surface area contributed by atoms with Crippen molar-refractivity contribution in [3.63, 3.8) is 0 Å². The molecule has 1 aliphatic rings. The molecule has 1 fully saturated rings. The number of pyridine rings is 1. The normalized spacial score (nSPS) is 15.4. The van der Waals surface area contributed by atoms with Gasteiger partial charge in [0.05, 0.1) is 24.7 Å². The van der Waals surface area contributed by atoms with Gasteiger partial charge in [-0.25, -0.2) is 14.5 Å². The maximum atomic E-state index is 12.6. The van der Waals surface area contributed by atoms with Gasteiger partial charge in [-0.3, -0.25) is 0 Å². The van der Waals surface area contributed by atoms with Gasteiger partial charge in [0.1, 0.15) is 11.4 Å². The second-order valence-corrected chi connectivity index (χ2v) is 11.0. The summed E-state index contributed by atoms with van der Waals surface area (Å²) in [6.07, 6.45) is 2.31. The smallest absolute Gasteiger partial charge is 0.410 e. The van der Waals surface area contributed by atoms with Gasteiger partial charge in [0.15, 0.2) is 11.5 Å². The lowest BCUT2D eigenvalue weighted by Crippen LogP contribution is -2.36. The molecule has 204 valence electrons. The number of carbonyl (C=O) groups is 1. The fraction of sp³-hybridized carbons (Fsp3) is 0.367. The first-order valence-electron chi connectivity index (χ1n) is 13.2. The fourth-order valence-electron chi connectivity index (χ4n) is 4.67. The quantitative estimate of drug-likeness (QED) is 0.306. The van der Waals surface area contributed by atoms with Crippen LogP contribution in [-0.2, 0) is 11.3 Å². The van der Waals surface area contributed by atoms with E-state index in [1.807, 2.05) is 55.8 Å². The van der Waals surface area contributed by atoms with Crippen molar-refractivity contribution in [2.45, 2.75) is 52.3 Å². The molecule has 1 aliphatic heterocycles. The Bertz CT molecular complexity index is 1440. The van der Waals surface area contributed by atoms with E-state index >= 15 is 0 Å². The second-order valence-electron chi connectivity index (χ2n) is 11.0. The van der Waals surface area contributed by atoms with Gasteiger partial charge in [-0.2, -0.15) is 5.10 Å². The third kappa shape index (κ3) is 6.25. The molecule has 0 aliphatic carbocycles. The zero-order valence-corrected chi connectivity index (χ0v) is 23.2. The van der Waals surface area contributed by atoms with Crippen LogP contribution in [0.3, 0.4) is 0 Å². The zero-order valence-electron chi connectivity index (χ0n) is 23.2. The molecule has 0 spiro atoms. The van der Waals surface area contributed by atoms with Crippen LogP contribution >= 0.6 is 0 Å². The van der Waals surface area contributed by atoms with Gasteiger partial charge >= 0.3 is 6.09 Å². The van der Waals surface area contributed by atoms with Crippen LogP contribution < -0.4 is 15.4 Å². The molecule has 1 amide bonds. The van der Waals surface area contributed by atoms with Crippen molar-refractivity contribution in [2.75, 3.05) is 30.8 Å². The molecule has 2 N–H and O–H groups in total. The molecular weight excluding hydrogens is 492 g/mol. The summed E-state index contributed by atoms with van der Waals surface area (Å²) >= 11 is 0. The van der Waals surface area contributed by atoms with E-state index in [1.165, 1.54) is 5.56 Å². The Morgan fingerprint density at radius 3 is 2.51 bits per heavy atom. The van der Waals surface area contributed by atoms with Crippen molar-refractivity contribution in [1.29, 1.82) is 0 Å². The lowest BCUT2D eigenvalue weighted by atomic mass is 10.2. The fourth-order valence-corrected chi connectivity index (χ4v) is 4.67. The molecule has 2 aromatic carbocycles. The summed E-state index contributed by atoms with van der Waals surface area (Å²) in [4.78, 5) is 19.1. The summed E-state index contributed by atoms with van der Waals surface area (Å²) in [5.41, 5.74) is 4.43. The maximum absolute atomic E-state index is 12.6. The molecule has 4 aromatic rings. The first kappa shape index (κ1) is 26.3. The highest BCUT2D eigenvalue weighted by molar-refractivity contribution is 6.00. The predicted molar refractivity (Wildman–Crippen MR) is 154 cm³/mol. The molecule has 0 radical (unpaired) electrons. The summed E-state index contributed by atoms with van der Waals surface area (Å²) in [6, 6.07) is 18.2. The Morgan fingerprint density at radius 1 is 1.08 bits per heavy atom. The first-order chi connectivity index (χ1) is 18.7. The number of methoxy groups -OCH3 is 1. The van der Waals surface area contributed by atoms with Crippen molar-refractivity contribution in [3.8, 4) is 5.75 Å². The van der Waals surface area contributed by atoms with E-state index < -0.39 is 5.60 Å². The number of likely N-dealkylation sites (tertiary alicyclic amines) is 1. The second kappa shape index (κ2) is 10.8. The lowest BCUT2D eigenvalue weighted by Gasteiger charge is -2.24. The molecule has 3 heterocycles. The first-order valence-corrected chi connectivity index (χ1v) is 13.2. The highest BCUT2D eigenvalue weighted by Gasteiger charge is 2.31. The van der Waals surface area contributed by atoms with E-state index in [2.05, 4.69) is 41.8 Å². The van der Waals surface area contributed by atoms with Crippen molar-refractivity contribution < 1.29 is 14.3 Å². The van der Waals surface area contributed by atoms with E-state index in [0.29, 0.717) is 19.6 Å². The van der Waals surface area contributed by atoms with E-state index in [0.717, 1.165) is 46.0 Å². The minimum atomic E-state index is -0.527. The number of benzene rings is 2. The average Bonchev–Trinajstić information content (AvgIpc) is 3.51. The number of anilines is 3. The van der Waals surface area contributed by atoms with Crippen molar-refractivity contribution in [2.24, 2.45) is 0 Å². The molecule has 2 aromatic heterocycles. The topological polar surface area (TPSA) is 93.5 Å². The number of carbonyl (C=O) groups excluding carboxylic acids is 1. The molecule has 0 bridgehead atoms. The highest BCUT2D eigenvalue weighted by atomic mass is 16.6. The Labute approximate surface area is 229 Å². The van der Waals surface area contributed by atoms with Crippen LogP contribution in [0.15, 0.2) is 60.8 Å². The number of nitrogens with zero attached hydrogens (tertiary/aromatic N) is 4. The number of hydrogen-bond donors (Lipinski definition) is 2.